The van der Waals surface area contributed by atoms with E-state index in [4.69, 9.17) is 4.74 Å². The molecule has 0 aliphatic carbocycles. The lowest BCUT2D eigenvalue weighted by Crippen LogP contribution is -2.20. The predicted molar refractivity (Wildman–Crippen MR) is 118 cm³/mol. The van der Waals surface area contributed by atoms with Crippen molar-refractivity contribution in [1.82, 2.24) is 19.3 Å². The Morgan fingerprint density at radius 2 is 2.13 bits per heavy atom. The number of nitrogens with zero attached hydrogens (tertiary/aromatic N) is 4. The molecule has 1 saturated heterocycles. The standard InChI is InChI=1S/C22H21N5O3S/c1-14-13-31-22(23-14)24-20(28)17-11-26(10-16-8-5-9-30-16)12-18-19(17)25-27(21(18)29)15-6-3-2-4-7-15/h2-4,6-7,11-13,16H,5,8-10H2,1H3,(H,23,24,28)/t16-/m0/s1. The Morgan fingerprint density at radius 3 is 2.84 bits per heavy atom. The summed E-state index contributed by atoms with van der Waals surface area (Å²) in [6.45, 7) is 3.18. The van der Waals surface area contributed by atoms with E-state index >= 15 is 0 Å². The summed E-state index contributed by atoms with van der Waals surface area (Å²) < 4.78 is 8.94. The number of aryl methyl sites for hydroxylation is 1. The van der Waals surface area contributed by atoms with Crippen LogP contribution in [0.3, 0.4) is 0 Å². The summed E-state index contributed by atoms with van der Waals surface area (Å²) in [4.78, 5) is 30.6. The molecule has 4 heterocycles. The van der Waals surface area contributed by atoms with E-state index in [1.165, 1.54) is 16.0 Å². The van der Waals surface area contributed by atoms with Gasteiger partial charge in [0.25, 0.3) is 11.5 Å². The van der Waals surface area contributed by atoms with Gasteiger partial charge in [0.05, 0.1) is 28.6 Å². The van der Waals surface area contributed by atoms with Crippen molar-refractivity contribution >= 4 is 22.4 Å². The van der Waals surface area contributed by atoms with E-state index in [2.05, 4.69) is 15.4 Å². The topological polar surface area (TPSA) is 91.0 Å². The van der Waals surface area contributed by atoms with E-state index in [1.807, 2.05) is 47.2 Å². The Balaban J connectivity index is 1.60. The maximum atomic E-state index is 13.2. The van der Waals surface area contributed by atoms with Crippen molar-refractivity contribution in [2.24, 2.45) is 0 Å². The van der Waals surface area contributed by atoms with Crippen LogP contribution in [-0.2, 0) is 11.3 Å². The lowest BCUT2D eigenvalue weighted by Gasteiger charge is -2.15. The highest BCUT2D eigenvalue weighted by molar-refractivity contribution is 7.13. The molecule has 1 fully saturated rings. The van der Waals surface area contributed by atoms with E-state index in [0.29, 0.717) is 34.2 Å². The Labute approximate surface area is 182 Å². The fourth-order valence-corrected chi connectivity index (χ4v) is 4.46. The number of hydrogen-bond donors (Lipinski definition) is 1. The van der Waals surface area contributed by atoms with Gasteiger partial charge in [-0.2, -0.15) is 9.78 Å². The summed E-state index contributed by atoms with van der Waals surface area (Å²) in [5, 5.41) is 9.72. The molecule has 0 radical (unpaired) electrons. The van der Waals surface area contributed by atoms with Gasteiger partial charge in [0, 0.05) is 30.9 Å². The quantitative estimate of drug-likeness (QED) is 0.519. The van der Waals surface area contributed by atoms with Gasteiger partial charge in [0.1, 0.15) is 5.69 Å². The van der Waals surface area contributed by atoms with Gasteiger partial charge in [-0.05, 0) is 31.9 Å². The van der Waals surface area contributed by atoms with Crippen LogP contribution in [-0.4, -0.2) is 37.9 Å². The molecule has 1 atom stereocenters. The molecule has 5 rings (SSSR count). The molecule has 31 heavy (non-hydrogen) atoms. The van der Waals surface area contributed by atoms with Gasteiger partial charge in [0.15, 0.2) is 5.13 Å². The second kappa shape index (κ2) is 8.09. The zero-order valence-corrected chi connectivity index (χ0v) is 17.8. The number of aromatic nitrogens is 4. The minimum atomic E-state index is -0.348. The second-order valence-corrected chi connectivity index (χ2v) is 8.42. The van der Waals surface area contributed by atoms with E-state index in [0.717, 1.165) is 25.1 Å². The highest BCUT2D eigenvalue weighted by atomic mass is 32.1. The zero-order chi connectivity index (χ0) is 21.4. The fourth-order valence-electron chi connectivity index (χ4n) is 3.78. The van der Waals surface area contributed by atoms with E-state index < -0.39 is 0 Å². The predicted octanol–water partition coefficient (Wildman–Crippen LogP) is 3.34. The first-order valence-electron chi connectivity index (χ1n) is 10.1. The molecule has 0 bridgehead atoms. The van der Waals surface area contributed by atoms with Gasteiger partial charge in [-0.3, -0.25) is 14.9 Å². The van der Waals surface area contributed by atoms with E-state index in [-0.39, 0.29) is 17.6 Å². The Bertz CT molecular complexity index is 1250. The number of ether oxygens (including phenoxy) is 1. The van der Waals surface area contributed by atoms with Crippen LogP contribution < -0.4 is 10.9 Å². The van der Waals surface area contributed by atoms with Crippen molar-refractivity contribution in [3.63, 3.8) is 0 Å². The molecule has 9 heteroatoms. The number of benzene rings is 1. The van der Waals surface area contributed by atoms with Gasteiger partial charge in [0.2, 0.25) is 0 Å². The molecule has 3 aliphatic rings. The van der Waals surface area contributed by atoms with Crippen molar-refractivity contribution in [3.05, 3.63) is 69.7 Å². The summed E-state index contributed by atoms with van der Waals surface area (Å²) in [6.07, 6.45) is 5.54. The molecule has 1 amide bonds. The molecular weight excluding hydrogens is 414 g/mol. The maximum Gasteiger partial charge on any atom is 0.282 e. The highest BCUT2D eigenvalue weighted by Gasteiger charge is 2.26. The molecule has 1 aromatic carbocycles. The van der Waals surface area contributed by atoms with Gasteiger partial charge in [-0.25, -0.2) is 4.98 Å². The van der Waals surface area contributed by atoms with Crippen LogP contribution in [0.2, 0.25) is 0 Å². The number of rotatable bonds is 5. The number of carbonyl (C=O) groups is 1. The van der Waals surface area contributed by atoms with Crippen molar-refractivity contribution in [2.75, 3.05) is 11.9 Å². The number of anilines is 1. The third-order valence-corrected chi connectivity index (χ3v) is 6.12. The minimum absolute atomic E-state index is 0.0687. The Hall–Kier alpha value is -3.30. The van der Waals surface area contributed by atoms with E-state index in [1.54, 1.807) is 12.4 Å². The number of fused-ring (bicyclic) bond motifs is 1. The van der Waals surface area contributed by atoms with Crippen molar-refractivity contribution in [2.45, 2.75) is 32.4 Å². The van der Waals surface area contributed by atoms with Crippen LogP contribution in [0.5, 0.6) is 0 Å². The maximum absolute atomic E-state index is 13.2. The first-order chi connectivity index (χ1) is 15.1. The van der Waals surface area contributed by atoms with Crippen LogP contribution in [0.15, 0.2) is 52.9 Å². The van der Waals surface area contributed by atoms with Crippen molar-refractivity contribution in [1.29, 1.82) is 0 Å². The molecule has 0 saturated carbocycles. The van der Waals surface area contributed by atoms with Crippen molar-refractivity contribution < 1.29 is 9.53 Å². The zero-order valence-electron chi connectivity index (χ0n) is 16.9. The lowest BCUT2D eigenvalue weighted by atomic mass is 10.1. The normalized spacial score (nSPS) is 16.1. The molecular formula is C22H21N5O3S. The highest BCUT2D eigenvalue weighted by Crippen LogP contribution is 2.25. The van der Waals surface area contributed by atoms with Gasteiger partial charge in [-0.1, -0.05) is 18.2 Å². The SMILES string of the molecule is Cc1csc(NC(=O)c2cn(C[C@@H]3CCCO3)cc3c(=O)n(-c4ccccc4)nc2-3)n1. The smallest absolute Gasteiger partial charge is 0.282 e. The number of hydrogen-bond acceptors (Lipinski definition) is 6. The monoisotopic (exact) mass is 435 g/mol. The summed E-state index contributed by atoms with van der Waals surface area (Å²) >= 11 is 1.36. The summed E-state index contributed by atoms with van der Waals surface area (Å²) in [6, 6.07) is 9.19. The van der Waals surface area contributed by atoms with Crippen LogP contribution in [0.25, 0.3) is 16.9 Å². The van der Waals surface area contributed by atoms with Crippen LogP contribution in [0.4, 0.5) is 5.13 Å². The molecule has 8 nitrogen and oxygen atoms in total. The number of amides is 1. The number of para-hydroxylation sites is 1. The van der Waals surface area contributed by atoms with Crippen LogP contribution in [0.1, 0.15) is 28.9 Å². The molecule has 0 unspecified atom stereocenters. The average Bonchev–Trinajstić information content (AvgIpc) is 3.50. The third-order valence-electron chi connectivity index (χ3n) is 5.25. The Kier molecular flexibility index (Phi) is 5.13. The minimum Gasteiger partial charge on any atom is -0.376 e. The first kappa shape index (κ1) is 19.7. The molecule has 0 spiro atoms. The van der Waals surface area contributed by atoms with Crippen LogP contribution in [0, 0.1) is 6.92 Å². The van der Waals surface area contributed by atoms with Crippen LogP contribution >= 0.6 is 11.3 Å². The van der Waals surface area contributed by atoms with Gasteiger partial charge < -0.3 is 9.30 Å². The molecule has 2 aromatic rings. The molecule has 1 aromatic heterocycles. The summed E-state index contributed by atoms with van der Waals surface area (Å²) in [7, 11) is 0. The second-order valence-electron chi connectivity index (χ2n) is 7.57. The van der Waals surface area contributed by atoms with Crippen molar-refractivity contribution in [3.8, 4) is 16.9 Å². The van der Waals surface area contributed by atoms with E-state index in [9.17, 15) is 9.59 Å². The lowest BCUT2D eigenvalue weighted by molar-refractivity contribution is 0.0961. The van der Waals surface area contributed by atoms with Gasteiger partial charge >= 0.3 is 0 Å². The summed E-state index contributed by atoms with van der Waals surface area (Å²) in [5.74, 6) is -0.348. The molecule has 3 aliphatic heterocycles. The largest absolute Gasteiger partial charge is 0.376 e. The average molecular weight is 436 g/mol. The fraction of sp³-hybridized carbons (Fsp3) is 0.273. The number of pyridine rings is 1. The Morgan fingerprint density at radius 1 is 1.29 bits per heavy atom. The third kappa shape index (κ3) is 3.89. The van der Waals surface area contributed by atoms with Gasteiger partial charge in [-0.15, -0.1) is 11.3 Å². The number of thiazole rings is 1. The number of nitrogens with one attached hydrogen (secondary N) is 1. The first-order valence-corrected chi connectivity index (χ1v) is 11.0. The summed E-state index contributed by atoms with van der Waals surface area (Å²) in [5.41, 5.74) is 2.31. The molecule has 158 valence electrons. The molecule has 1 N–H and O–H groups in total. The number of carbonyl (C=O) groups excluding carboxylic acids is 1.